The number of ether oxygens (including phenoxy) is 2. The standard InChI is InChI=1S/C36H54N2O6.2BrH/c1-3-5-7-9-11-15-23-37-25-19-31(20-26-37)33(39)35(41)43-29-17-13-14-18-30-44-36(42)34(40)32-21-27-38(28-22-32)24-16-12-10-8-6-4-2;;/h19-22,25-28H,3-18,23-24,29-30H2,1-2H3;2*1H/q+2;;/p-2. The van der Waals surface area contributed by atoms with Gasteiger partial charge in [0.15, 0.2) is 24.8 Å². The van der Waals surface area contributed by atoms with E-state index in [9.17, 15) is 19.2 Å². The van der Waals surface area contributed by atoms with Gasteiger partial charge in [-0.25, -0.2) is 18.7 Å². The Morgan fingerprint density at radius 2 is 0.783 bits per heavy atom. The van der Waals surface area contributed by atoms with Crippen molar-refractivity contribution in [2.24, 2.45) is 0 Å². The molecule has 0 aliphatic heterocycles. The maximum atomic E-state index is 12.4. The maximum Gasteiger partial charge on any atom is 0.379 e. The highest BCUT2D eigenvalue weighted by Gasteiger charge is 2.20. The second kappa shape index (κ2) is 27.6. The first kappa shape index (κ1) is 43.5. The topological polar surface area (TPSA) is 94.5 Å². The lowest BCUT2D eigenvalue weighted by Gasteiger charge is -2.06. The average molecular weight is 771 g/mol. The molecule has 0 N–H and O–H groups in total. The number of rotatable bonds is 25. The van der Waals surface area contributed by atoms with E-state index < -0.39 is 23.5 Å². The Hall–Kier alpha value is -2.46. The molecule has 0 atom stereocenters. The molecule has 46 heavy (non-hydrogen) atoms. The molecule has 0 radical (unpaired) electrons. The minimum absolute atomic E-state index is 0. The average Bonchev–Trinajstić information content (AvgIpc) is 3.05. The molecule has 2 aromatic rings. The van der Waals surface area contributed by atoms with Crippen molar-refractivity contribution in [2.45, 2.75) is 130 Å². The van der Waals surface area contributed by atoms with Crippen LogP contribution in [0.4, 0.5) is 0 Å². The first-order valence-corrected chi connectivity index (χ1v) is 16.9. The summed E-state index contributed by atoms with van der Waals surface area (Å²) in [6.07, 6.45) is 24.7. The number of aromatic nitrogens is 2. The Balaban J connectivity index is 0.0000101. The Morgan fingerprint density at radius 1 is 0.478 bits per heavy atom. The van der Waals surface area contributed by atoms with Gasteiger partial charge in [0, 0.05) is 48.2 Å². The quantitative estimate of drug-likeness (QED) is 0.0486. The molecule has 0 fully saturated rings. The zero-order valence-corrected chi connectivity index (χ0v) is 31.0. The van der Waals surface area contributed by atoms with Gasteiger partial charge in [0.1, 0.15) is 13.1 Å². The van der Waals surface area contributed by atoms with E-state index in [1.165, 1.54) is 64.2 Å². The van der Waals surface area contributed by atoms with E-state index in [4.69, 9.17) is 9.47 Å². The fourth-order valence-corrected chi connectivity index (χ4v) is 4.92. The van der Waals surface area contributed by atoms with Crippen molar-refractivity contribution >= 4 is 23.5 Å². The van der Waals surface area contributed by atoms with Crippen molar-refractivity contribution in [3.63, 3.8) is 0 Å². The molecule has 2 aromatic heterocycles. The van der Waals surface area contributed by atoms with Crippen LogP contribution in [-0.4, -0.2) is 36.7 Å². The van der Waals surface area contributed by atoms with Crippen LogP contribution in [-0.2, 0) is 32.2 Å². The van der Waals surface area contributed by atoms with E-state index in [1.807, 2.05) is 33.9 Å². The molecule has 10 heteroatoms. The lowest BCUT2D eigenvalue weighted by atomic mass is 10.1. The monoisotopic (exact) mass is 768 g/mol. The lowest BCUT2D eigenvalue weighted by Crippen LogP contribution is -3.00. The Labute approximate surface area is 297 Å². The normalized spacial score (nSPS) is 10.4. The first-order valence-electron chi connectivity index (χ1n) is 16.9. The van der Waals surface area contributed by atoms with Crippen LogP contribution in [0, 0.1) is 0 Å². The number of aryl methyl sites for hydroxylation is 2. The number of carbonyl (C=O) groups is 4. The molecule has 0 bridgehead atoms. The molecule has 0 unspecified atom stereocenters. The molecular formula is C36H54Br2N2O6. The highest BCUT2D eigenvalue weighted by molar-refractivity contribution is 6.41. The third-order valence-electron chi connectivity index (χ3n) is 7.72. The summed E-state index contributed by atoms with van der Waals surface area (Å²) in [5.74, 6) is -2.97. The van der Waals surface area contributed by atoms with Crippen molar-refractivity contribution in [2.75, 3.05) is 13.2 Å². The number of halogens is 2. The van der Waals surface area contributed by atoms with Gasteiger partial charge < -0.3 is 43.4 Å². The molecule has 0 saturated heterocycles. The molecule has 0 aliphatic rings. The van der Waals surface area contributed by atoms with Gasteiger partial charge in [-0.3, -0.25) is 9.59 Å². The van der Waals surface area contributed by atoms with Crippen LogP contribution >= 0.6 is 0 Å². The summed E-state index contributed by atoms with van der Waals surface area (Å²) in [6, 6.07) is 6.66. The van der Waals surface area contributed by atoms with E-state index in [2.05, 4.69) is 13.8 Å². The third kappa shape index (κ3) is 18.6. The minimum atomic E-state index is -0.847. The molecular weight excluding hydrogens is 716 g/mol. The number of hydrogen-bond acceptors (Lipinski definition) is 6. The van der Waals surface area contributed by atoms with Crippen LogP contribution in [0.15, 0.2) is 49.1 Å². The molecule has 0 aliphatic carbocycles. The Kier molecular flexibility index (Phi) is 26.2. The van der Waals surface area contributed by atoms with E-state index in [0.717, 1.165) is 38.8 Å². The van der Waals surface area contributed by atoms with E-state index in [-0.39, 0.29) is 47.2 Å². The zero-order valence-electron chi connectivity index (χ0n) is 27.9. The number of unbranched alkanes of at least 4 members (excludes halogenated alkanes) is 13. The zero-order chi connectivity index (χ0) is 31.8. The smallest absolute Gasteiger partial charge is 0.379 e. The number of Topliss-reactive ketones (excluding diaryl/α,β-unsaturated/α-hetero) is 2. The number of hydrogen-bond donors (Lipinski definition) is 0. The molecule has 0 spiro atoms. The summed E-state index contributed by atoms with van der Waals surface area (Å²) >= 11 is 0. The molecule has 2 rings (SSSR count). The van der Waals surface area contributed by atoms with Gasteiger partial charge in [-0.05, 0) is 38.5 Å². The van der Waals surface area contributed by atoms with Crippen LogP contribution in [0.25, 0.3) is 0 Å². The molecule has 0 aromatic carbocycles. The Morgan fingerprint density at radius 3 is 1.13 bits per heavy atom. The van der Waals surface area contributed by atoms with Gasteiger partial charge in [-0.1, -0.05) is 65.2 Å². The summed E-state index contributed by atoms with van der Waals surface area (Å²) in [5.41, 5.74) is 0.654. The van der Waals surface area contributed by atoms with E-state index in [0.29, 0.717) is 24.0 Å². The lowest BCUT2D eigenvalue weighted by molar-refractivity contribution is -0.697. The van der Waals surface area contributed by atoms with Gasteiger partial charge in [-0.15, -0.1) is 0 Å². The number of esters is 2. The number of ketones is 2. The van der Waals surface area contributed by atoms with Crippen LogP contribution in [0.3, 0.4) is 0 Å². The van der Waals surface area contributed by atoms with Crippen LogP contribution < -0.4 is 43.1 Å². The van der Waals surface area contributed by atoms with Crippen molar-refractivity contribution in [3.05, 3.63) is 60.2 Å². The summed E-state index contributed by atoms with van der Waals surface area (Å²) < 4.78 is 14.4. The van der Waals surface area contributed by atoms with Crippen molar-refractivity contribution in [3.8, 4) is 0 Å². The fraction of sp³-hybridized carbons (Fsp3) is 0.611. The number of pyridine rings is 2. The summed E-state index contributed by atoms with van der Waals surface area (Å²) in [5, 5.41) is 0. The van der Waals surface area contributed by atoms with Gasteiger partial charge in [0.2, 0.25) is 0 Å². The van der Waals surface area contributed by atoms with E-state index >= 15 is 0 Å². The van der Waals surface area contributed by atoms with Gasteiger partial charge in [0.05, 0.1) is 13.2 Å². The molecule has 2 heterocycles. The predicted molar refractivity (Wildman–Crippen MR) is 169 cm³/mol. The summed E-state index contributed by atoms with van der Waals surface area (Å²) in [7, 11) is 0. The summed E-state index contributed by atoms with van der Waals surface area (Å²) in [4.78, 5) is 49.1. The first-order chi connectivity index (χ1) is 21.5. The van der Waals surface area contributed by atoms with Crippen molar-refractivity contribution in [1.29, 1.82) is 0 Å². The van der Waals surface area contributed by atoms with Gasteiger partial charge in [-0.2, -0.15) is 0 Å². The van der Waals surface area contributed by atoms with Crippen molar-refractivity contribution in [1.82, 2.24) is 0 Å². The number of nitrogens with zero attached hydrogens (tertiary/aromatic N) is 2. The maximum absolute atomic E-state index is 12.4. The van der Waals surface area contributed by atoms with Crippen molar-refractivity contribution < 1.29 is 71.7 Å². The second-order valence-corrected chi connectivity index (χ2v) is 11.5. The van der Waals surface area contributed by atoms with Crippen LogP contribution in [0.2, 0.25) is 0 Å². The summed E-state index contributed by atoms with van der Waals surface area (Å²) in [6.45, 7) is 6.52. The highest BCUT2D eigenvalue weighted by Crippen LogP contribution is 2.08. The molecule has 258 valence electrons. The van der Waals surface area contributed by atoms with Gasteiger partial charge >= 0.3 is 11.9 Å². The van der Waals surface area contributed by atoms with Crippen LogP contribution in [0.1, 0.15) is 137 Å². The fourth-order valence-electron chi connectivity index (χ4n) is 4.92. The minimum Gasteiger partial charge on any atom is -1.00 e. The largest absolute Gasteiger partial charge is 1.00 e. The van der Waals surface area contributed by atoms with Crippen LogP contribution in [0.5, 0.6) is 0 Å². The predicted octanol–water partition coefficient (Wildman–Crippen LogP) is 0.703. The third-order valence-corrected chi connectivity index (χ3v) is 7.72. The molecule has 0 amide bonds. The Bertz CT molecular complexity index is 1040. The molecule has 0 saturated carbocycles. The SMILES string of the molecule is CCCCCCCC[n+]1ccc(C(=O)C(=O)OCCCCCCOC(=O)C(=O)c2cc[n+](CCCCCCCC)cc2)cc1.[Br-].[Br-]. The van der Waals surface area contributed by atoms with E-state index in [1.54, 1.807) is 24.3 Å². The molecule has 8 nitrogen and oxygen atoms in total. The second-order valence-electron chi connectivity index (χ2n) is 11.5. The number of carbonyl (C=O) groups excluding carboxylic acids is 4. The highest BCUT2D eigenvalue weighted by atomic mass is 79.9. The van der Waals surface area contributed by atoms with Gasteiger partial charge in [0.25, 0.3) is 11.6 Å².